The number of fused-ring (bicyclic) bond motifs is 5. The number of nitrogens with one attached hydrogen (secondary N) is 2. The number of carbonyl (C=O) groups is 1. The molecule has 3 aromatic rings. The molecule has 6 nitrogen and oxygen atoms in total. The second-order valence-corrected chi connectivity index (χ2v) is 6.80. The maximum absolute atomic E-state index is 11.7. The van der Waals surface area contributed by atoms with Gasteiger partial charge < -0.3 is 10.4 Å². The predicted octanol–water partition coefficient (Wildman–Crippen LogP) is 3.26. The molecule has 5 rings (SSSR count). The molecule has 0 radical (unpaired) electrons. The highest BCUT2D eigenvalue weighted by Crippen LogP contribution is 2.38. The van der Waals surface area contributed by atoms with Gasteiger partial charge in [0.2, 0.25) is 0 Å². The van der Waals surface area contributed by atoms with Crippen molar-refractivity contribution in [1.29, 1.82) is 0 Å². The van der Waals surface area contributed by atoms with Gasteiger partial charge in [0.15, 0.2) is 11.5 Å². The average molecular weight is 322 g/mol. The van der Waals surface area contributed by atoms with Gasteiger partial charge in [0.05, 0.1) is 16.4 Å². The van der Waals surface area contributed by atoms with Crippen LogP contribution in [-0.2, 0) is 12.8 Å². The van der Waals surface area contributed by atoms with Crippen LogP contribution in [-0.4, -0.2) is 32.3 Å². The summed E-state index contributed by atoms with van der Waals surface area (Å²) in [6, 6.07) is 4.35. The quantitative estimate of drug-likeness (QED) is 0.688. The molecule has 0 spiro atoms. The minimum Gasteiger partial charge on any atom is -0.477 e. The molecule has 6 heteroatoms. The summed E-state index contributed by atoms with van der Waals surface area (Å²) in [5.41, 5.74) is 4.00. The number of carboxylic acid groups (broad SMARTS) is 1. The fourth-order valence-electron chi connectivity index (χ4n) is 3.83. The fourth-order valence-corrected chi connectivity index (χ4v) is 3.83. The van der Waals surface area contributed by atoms with E-state index in [4.69, 9.17) is 0 Å². The van der Waals surface area contributed by atoms with Crippen molar-refractivity contribution < 1.29 is 9.90 Å². The van der Waals surface area contributed by atoms with Crippen molar-refractivity contribution in [3.63, 3.8) is 0 Å². The smallest absolute Gasteiger partial charge is 0.354 e. The summed E-state index contributed by atoms with van der Waals surface area (Å²) in [6.45, 7) is 0. The Kier molecular flexibility index (Phi) is 2.83. The van der Waals surface area contributed by atoms with E-state index in [2.05, 4.69) is 20.5 Å². The number of aryl methyl sites for hydroxylation is 1. The monoisotopic (exact) mass is 322 g/mol. The van der Waals surface area contributed by atoms with Crippen LogP contribution < -0.4 is 5.32 Å². The van der Waals surface area contributed by atoms with Crippen molar-refractivity contribution in [2.45, 2.75) is 44.6 Å². The number of benzene rings is 1. The van der Waals surface area contributed by atoms with E-state index in [1.165, 1.54) is 12.8 Å². The standard InChI is InChI=1S/C18H18N4O2/c23-18(24)16-11-4-2-1-3-10(11)14-12(20-16)7-8-13-15(14)17(22-21-13)19-9-5-6-9/h7-9H,1-6H2,(H,23,24)(H2,19,21,22). The van der Waals surface area contributed by atoms with Gasteiger partial charge in [-0.25, -0.2) is 9.78 Å². The van der Waals surface area contributed by atoms with Crippen LogP contribution in [0, 0.1) is 0 Å². The molecule has 0 aliphatic heterocycles. The Balaban J connectivity index is 1.87. The van der Waals surface area contributed by atoms with E-state index in [1.807, 2.05) is 12.1 Å². The molecular formula is C18H18N4O2. The van der Waals surface area contributed by atoms with Crippen molar-refractivity contribution in [3.8, 4) is 0 Å². The van der Waals surface area contributed by atoms with E-state index in [1.54, 1.807) is 0 Å². The van der Waals surface area contributed by atoms with Crippen LogP contribution in [0.3, 0.4) is 0 Å². The second-order valence-electron chi connectivity index (χ2n) is 6.80. The molecule has 0 atom stereocenters. The van der Waals surface area contributed by atoms with Gasteiger partial charge in [-0.1, -0.05) is 0 Å². The lowest BCUT2D eigenvalue weighted by atomic mass is 9.87. The maximum Gasteiger partial charge on any atom is 0.354 e. The van der Waals surface area contributed by atoms with Crippen LogP contribution >= 0.6 is 0 Å². The normalized spacial score (nSPS) is 17.2. The molecule has 2 aromatic heterocycles. The molecule has 1 fully saturated rings. The lowest BCUT2D eigenvalue weighted by molar-refractivity contribution is 0.0689. The molecule has 3 N–H and O–H groups in total. The van der Waals surface area contributed by atoms with Gasteiger partial charge in [-0.2, -0.15) is 5.10 Å². The van der Waals surface area contributed by atoms with Crippen LogP contribution in [0.2, 0.25) is 0 Å². The average Bonchev–Trinajstić information content (AvgIpc) is 3.32. The minimum absolute atomic E-state index is 0.219. The largest absolute Gasteiger partial charge is 0.477 e. The molecular weight excluding hydrogens is 304 g/mol. The Labute approximate surface area is 138 Å². The van der Waals surface area contributed by atoms with E-state index >= 15 is 0 Å². The van der Waals surface area contributed by atoms with Crippen LogP contribution in [0.25, 0.3) is 21.8 Å². The maximum atomic E-state index is 11.7. The van der Waals surface area contributed by atoms with Gasteiger partial charge in [-0.15, -0.1) is 0 Å². The summed E-state index contributed by atoms with van der Waals surface area (Å²) in [5.74, 6) is -0.0607. The topological polar surface area (TPSA) is 90.9 Å². The van der Waals surface area contributed by atoms with Gasteiger partial charge in [0.25, 0.3) is 0 Å². The van der Waals surface area contributed by atoms with E-state index in [0.29, 0.717) is 6.04 Å². The van der Waals surface area contributed by atoms with Gasteiger partial charge in [-0.3, -0.25) is 5.10 Å². The molecule has 0 saturated heterocycles. The van der Waals surface area contributed by atoms with E-state index in [0.717, 1.165) is 64.4 Å². The zero-order valence-electron chi connectivity index (χ0n) is 13.2. The third-order valence-corrected chi connectivity index (χ3v) is 5.12. The summed E-state index contributed by atoms with van der Waals surface area (Å²) < 4.78 is 0. The van der Waals surface area contributed by atoms with Crippen LogP contribution in [0.1, 0.15) is 47.3 Å². The SMILES string of the molecule is O=C(O)c1nc2ccc3[nH]nc(NC4CC4)c3c2c2c1CCCC2. The van der Waals surface area contributed by atoms with Crippen molar-refractivity contribution in [3.05, 3.63) is 29.0 Å². The van der Waals surface area contributed by atoms with Crippen molar-refractivity contribution >= 4 is 33.6 Å². The predicted molar refractivity (Wildman–Crippen MR) is 91.6 cm³/mol. The zero-order chi connectivity index (χ0) is 16.3. The van der Waals surface area contributed by atoms with E-state index in [9.17, 15) is 9.90 Å². The zero-order valence-corrected chi connectivity index (χ0v) is 13.2. The lowest BCUT2D eigenvalue weighted by Crippen LogP contribution is -2.13. The first kappa shape index (κ1) is 13.8. The molecule has 24 heavy (non-hydrogen) atoms. The third kappa shape index (κ3) is 1.99. The number of rotatable bonds is 3. The van der Waals surface area contributed by atoms with Crippen LogP contribution in [0.15, 0.2) is 12.1 Å². The Bertz CT molecular complexity index is 988. The minimum atomic E-state index is -0.932. The number of aromatic nitrogens is 3. The second kappa shape index (κ2) is 4.93. The molecule has 1 saturated carbocycles. The first-order valence-electron chi connectivity index (χ1n) is 8.55. The Morgan fingerprint density at radius 3 is 2.71 bits per heavy atom. The highest BCUT2D eigenvalue weighted by molar-refractivity contribution is 6.13. The van der Waals surface area contributed by atoms with Crippen LogP contribution in [0.5, 0.6) is 0 Å². The number of nitrogens with zero attached hydrogens (tertiary/aromatic N) is 2. The number of aromatic amines is 1. The highest BCUT2D eigenvalue weighted by Gasteiger charge is 2.26. The molecule has 122 valence electrons. The third-order valence-electron chi connectivity index (χ3n) is 5.12. The number of hydrogen-bond donors (Lipinski definition) is 3. The summed E-state index contributed by atoms with van der Waals surface area (Å²) >= 11 is 0. The Morgan fingerprint density at radius 1 is 1.17 bits per heavy atom. The van der Waals surface area contributed by atoms with Gasteiger partial charge >= 0.3 is 5.97 Å². The summed E-state index contributed by atoms with van der Waals surface area (Å²) in [6.07, 6.45) is 6.17. The number of pyridine rings is 1. The summed E-state index contributed by atoms with van der Waals surface area (Å²) in [4.78, 5) is 16.1. The Hall–Kier alpha value is -2.63. The number of carboxylic acids is 1. The first-order valence-corrected chi connectivity index (χ1v) is 8.55. The van der Waals surface area contributed by atoms with Crippen molar-refractivity contribution in [2.24, 2.45) is 0 Å². The number of H-pyrrole nitrogens is 1. The molecule has 0 amide bonds. The van der Waals surface area contributed by atoms with E-state index in [-0.39, 0.29) is 5.69 Å². The lowest BCUT2D eigenvalue weighted by Gasteiger charge is -2.20. The fraction of sp³-hybridized carbons (Fsp3) is 0.389. The van der Waals surface area contributed by atoms with Gasteiger partial charge in [0, 0.05) is 11.4 Å². The molecule has 1 aromatic carbocycles. The number of anilines is 1. The molecule has 2 heterocycles. The Morgan fingerprint density at radius 2 is 1.96 bits per heavy atom. The van der Waals surface area contributed by atoms with E-state index < -0.39 is 5.97 Å². The molecule has 2 aliphatic rings. The molecule has 2 aliphatic carbocycles. The van der Waals surface area contributed by atoms with Gasteiger partial charge in [-0.05, 0) is 61.8 Å². The first-order chi connectivity index (χ1) is 11.7. The summed E-state index contributed by atoms with van der Waals surface area (Å²) in [7, 11) is 0. The number of aromatic carboxylic acids is 1. The number of hydrogen-bond acceptors (Lipinski definition) is 4. The molecule has 0 unspecified atom stereocenters. The van der Waals surface area contributed by atoms with Crippen molar-refractivity contribution in [1.82, 2.24) is 15.2 Å². The highest BCUT2D eigenvalue weighted by atomic mass is 16.4. The van der Waals surface area contributed by atoms with Crippen LogP contribution in [0.4, 0.5) is 5.82 Å². The van der Waals surface area contributed by atoms with Gasteiger partial charge in [0.1, 0.15) is 0 Å². The van der Waals surface area contributed by atoms with Crippen molar-refractivity contribution in [2.75, 3.05) is 5.32 Å². The molecule has 0 bridgehead atoms. The summed E-state index contributed by atoms with van der Waals surface area (Å²) in [5, 5.41) is 22.7.